The summed E-state index contributed by atoms with van der Waals surface area (Å²) in [5, 5.41) is 14.5. The third-order valence-electron chi connectivity index (χ3n) is 5.51. The van der Waals surface area contributed by atoms with Crippen LogP contribution in [0.1, 0.15) is 66.1 Å². The molecule has 0 bridgehead atoms. The summed E-state index contributed by atoms with van der Waals surface area (Å²) >= 11 is 0. The van der Waals surface area contributed by atoms with Crippen molar-refractivity contribution in [2.24, 2.45) is 5.92 Å². The topological polar surface area (TPSA) is 98.2 Å². The van der Waals surface area contributed by atoms with Gasteiger partial charge in [-0.25, -0.2) is 22.9 Å². The van der Waals surface area contributed by atoms with Crippen LogP contribution in [-0.2, 0) is 6.42 Å². The van der Waals surface area contributed by atoms with E-state index in [2.05, 4.69) is 30.3 Å². The number of aryl methyl sites for hydroxylation is 2. The van der Waals surface area contributed by atoms with Crippen LogP contribution in [0.15, 0.2) is 23.1 Å². The molecule has 3 aromatic rings. The Morgan fingerprint density at radius 1 is 1.38 bits per heavy atom. The number of hydrogen-bond donors (Lipinski definition) is 1. The molecule has 1 atom stereocenters. The number of alkyl halides is 2. The lowest BCUT2D eigenvalue weighted by Gasteiger charge is -2.33. The Morgan fingerprint density at radius 2 is 2.14 bits per heavy atom. The van der Waals surface area contributed by atoms with Crippen molar-refractivity contribution >= 4 is 11.6 Å². The maximum atomic E-state index is 13.7. The first-order valence-corrected chi connectivity index (χ1v) is 9.68. The second kappa shape index (κ2) is 7.49. The van der Waals surface area contributed by atoms with Gasteiger partial charge in [0, 0.05) is 12.8 Å². The third-order valence-corrected chi connectivity index (χ3v) is 5.51. The number of fused-ring (bicyclic) bond motifs is 1. The second-order valence-electron chi connectivity index (χ2n) is 7.53. The van der Waals surface area contributed by atoms with Gasteiger partial charge < -0.3 is 5.32 Å². The number of imidazole rings is 1. The molecule has 3 heterocycles. The lowest BCUT2D eigenvalue weighted by molar-refractivity contribution is -0.0495. The van der Waals surface area contributed by atoms with Crippen molar-refractivity contribution < 1.29 is 18.2 Å². The third kappa shape index (κ3) is 3.96. The summed E-state index contributed by atoms with van der Waals surface area (Å²) in [6.45, 7) is 3.64. The normalized spacial score (nSPS) is 18.1. The number of rotatable bonds is 5. The predicted octanol–water partition coefficient (Wildman–Crippen LogP) is 3.28. The molecule has 29 heavy (non-hydrogen) atoms. The zero-order valence-corrected chi connectivity index (χ0v) is 16.2. The van der Waals surface area contributed by atoms with Gasteiger partial charge in [-0.1, -0.05) is 12.1 Å². The minimum absolute atomic E-state index is 0.0753. The quantitative estimate of drug-likeness (QED) is 0.701. The Labute approximate surface area is 165 Å². The maximum Gasteiger partial charge on any atom is 0.276 e. The lowest BCUT2D eigenvalue weighted by atomic mass is 9.81. The molecule has 0 spiro atoms. The first-order chi connectivity index (χ1) is 13.9. The van der Waals surface area contributed by atoms with Gasteiger partial charge in [0.25, 0.3) is 5.91 Å². The van der Waals surface area contributed by atoms with Gasteiger partial charge >= 0.3 is 0 Å². The van der Waals surface area contributed by atoms with Crippen LogP contribution in [0.25, 0.3) is 5.65 Å². The van der Waals surface area contributed by atoms with Crippen LogP contribution in [-0.4, -0.2) is 36.7 Å². The lowest BCUT2D eigenvalue weighted by Crippen LogP contribution is -2.37. The van der Waals surface area contributed by atoms with E-state index in [-0.39, 0.29) is 37.3 Å². The Balaban J connectivity index is 1.66. The van der Waals surface area contributed by atoms with E-state index in [0.717, 1.165) is 12.0 Å². The minimum atomic E-state index is -2.66. The van der Waals surface area contributed by atoms with Crippen molar-refractivity contribution in [3.63, 3.8) is 0 Å². The van der Waals surface area contributed by atoms with Crippen molar-refractivity contribution in [1.82, 2.24) is 30.2 Å². The molecule has 1 fully saturated rings. The van der Waals surface area contributed by atoms with Crippen LogP contribution in [0.5, 0.6) is 0 Å². The fourth-order valence-corrected chi connectivity index (χ4v) is 3.75. The monoisotopic (exact) mass is 404 g/mol. The van der Waals surface area contributed by atoms with Crippen molar-refractivity contribution in [2.75, 3.05) is 0 Å². The van der Waals surface area contributed by atoms with E-state index >= 15 is 0 Å². The zero-order valence-electron chi connectivity index (χ0n) is 16.2. The van der Waals surface area contributed by atoms with Gasteiger partial charge in [-0.05, 0) is 48.9 Å². The molecule has 154 valence electrons. The summed E-state index contributed by atoms with van der Waals surface area (Å²) in [7, 11) is 0. The van der Waals surface area contributed by atoms with E-state index < -0.39 is 17.9 Å². The van der Waals surface area contributed by atoms with Gasteiger partial charge in [-0.2, -0.15) is 5.10 Å². The molecule has 0 unspecified atom stereocenters. The zero-order chi connectivity index (χ0) is 20.6. The Bertz CT molecular complexity index is 1020. The number of amides is 1. The van der Waals surface area contributed by atoms with Gasteiger partial charge in [0.05, 0.1) is 24.1 Å². The van der Waals surface area contributed by atoms with Gasteiger partial charge in [0.2, 0.25) is 5.92 Å². The van der Waals surface area contributed by atoms with E-state index in [4.69, 9.17) is 0 Å². The Hall–Kier alpha value is -2.91. The highest BCUT2D eigenvalue weighted by molar-refractivity contribution is 5.93. The van der Waals surface area contributed by atoms with Gasteiger partial charge in [-0.3, -0.25) is 4.79 Å². The molecule has 1 aliphatic carbocycles. The summed E-state index contributed by atoms with van der Waals surface area (Å²) in [5.74, 6) is -3.30. The maximum absolute atomic E-state index is 13.7. The van der Waals surface area contributed by atoms with Crippen molar-refractivity contribution in [3.8, 4) is 0 Å². The standard InChI is InChI=1S/C19H22F2N6O2/c1-3-12-8-15-23-14(10-27(15)22-9-12)17(13-4-6-19(20,21)7-5-13)24-18(28)16-11(2)25-29-26-16/h8-10,13,17H,3-7H2,1-2H3,(H,24,28)/t17-/m0/s1. The van der Waals surface area contributed by atoms with Crippen molar-refractivity contribution in [3.05, 3.63) is 41.1 Å². The fourth-order valence-electron chi connectivity index (χ4n) is 3.75. The predicted molar refractivity (Wildman–Crippen MR) is 98.5 cm³/mol. The Kier molecular flexibility index (Phi) is 5.01. The smallest absolute Gasteiger partial charge is 0.276 e. The van der Waals surface area contributed by atoms with Crippen molar-refractivity contribution in [1.29, 1.82) is 0 Å². The number of nitrogens with one attached hydrogen (secondary N) is 1. The fraction of sp³-hybridized carbons (Fsp3) is 0.526. The number of carbonyl (C=O) groups is 1. The molecule has 1 N–H and O–H groups in total. The van der Waals surface area contributed by atoms with Crippen molar-refractivity contribution in [2.45, 2.75) is 57.9 Å². The molecular formula is C19H22F2N6O2. The van der Waals surface area contributed by atoms with Crippen LogP contribution < -0.4 is 5.32 Å². The summed E-state index contributed by atoms with van der Waals surface area (Å²) in [6.07, 6.45) is 4.48. The van der Waals surface area contributed by atoms with Crippen LogP contribution in [0.3, 0.4) is 0 Å². The van der Waals surface area contributed by atoms with Gasteiger partial charge in [0.1, 0.15) is 5.69 Å². The summed E-state index contributed by atoms with van der Waals surface area (Å²) < 4.78 is 33.6. The highest BCUT2D eigenvalue weighted by Gasteiger charge is 2.39. The van der Waals surface area contributed by atoms with E-state index in [9.17, 15) is 13.6 Å². The molecule has 4 rings (SSSR count). The number of hydrogen-bond acceptors (Lipinski definition) is 6. The second-order valence-corrected chi connectivity index (χ2v) is 7.53. The first-order valence-electron chi connectivity index (χ1n) is 9.68. The van der Waals surface area contributed by atoms with Crippen LogP contribution in [0.2, 0.25) is 0 Å². The minimum Gasteiger partial charge on any atom is -0.342 e. The van der Waals surface area contributed by atoms with Crippen LogP contribution in [0.4, 0.5) is 8.78 Å². The molecule has 0 aromatic carbocycles. The SMILES string of the molecule is CCc1cnn2cc([C@@H](NC(=O)c3nonc3C)C3CCC(F)(F)CC3)nc2c1. The van der Waals surface area contributed by atoms with E-state index in [1.165, 1.54) is 0 Å². The van der Waals surface area contributed by atoms with Crippen LogP contribution >= 0.6 is 0 Å². The summed E-state index contributed by atoms with van der Waals surface area (Å²) in [6, 6.07) is 1.39. The molecule has 3 aromatic heterocycles. The van der Waals surface area contributed by atoms with E-state index in [0.29, 0.717) is 17.0 Å². The summed E-state index contributed by atoms with van der Waals surface area (Å²) in [5.41, 5.74) is 2.71. The average Bonchev–Trinajstić information content (AvgIpc) is 3.31. The molecule has 1 aliphatic rings. The molecule has 0 aliphatic heterocycles. The summed E-state index contributed by atoms with van der Waals surface area (Å²) in [4.78, 5) is 17.4. The average molecular weight is 404 g/mol. The molecule has 10 heteroatoms. The van der Waals surface area contributed by atoms with E-state index in [1.54, 1.807) is 23.8 Å². The first kappa shape index (κ1) is 19.4. The van der Waals surface area contributed by atoms with E-state index in [1.807, 2.05) is 13.0 Å². The number of carbonyl (C=O) groups excluding carboxylic acids is 1. The largest absolute Gasteiger partial charge is 0.342 e. The molecule has 0 saturated heterocycles. The molecule has 0 radical (unpaired) electrons. The molecule has 1 saturated carbocycles. The number of nitrogens with zero attached hydrogens (tertiary/aromatic N) is 5. The number of halogens is 2. The van der Waals surface area contributed by atoms with Gasteiger partial charge in [0.15, 0.2) is 11.3 Å². The highest BCUT2D eigenvalue weighted by atomic mass is 19.3. The molecule has 1 amide bonds. The highest BCUT2D eigenvalue weighted by Crippen LogP contribution is 2.41. The van der Waals surface area contributed by atoms with Crippen LogP contribution in [0, 0.1) is 12.8 Å². The molecular weight excluding hydrogens is 382 g/mol. The van der Waals surface area contributed by atoms with Gasteiger partial charge in [-0.15, -0.1) is 0 Å². The Morgan fingerprint density at radius 3 is 2.79 bits per heavy atom. The molecule has 8 nitrogen and oxygen atoms in total. The number of aromatic nitrogens is 5.